The second kappa shape index (κ2) is 12.6. The maximum Gasteiger partial charge on any atom is 0.240 e. The van der Waals surface area contributed by atoms with E-state index < -0.39 is 10.0 Å². The summed E-state index contributed by atoms with van der Waals surface area (Å²) in [5.41, 5.74) is 2.20. The molecule has 1 aromatic heterocycles. The molecule has 0 saturated carbocycles. The number of aryl methyl sites for hydroxylation is 1. The highest BCUT2D eigenvalue weighted by Gasteiger charge is 2.15. The van der Waals surface area contributed by atoms with Gasteiger partial charge in [0.05, 0.1) is 32.9 Å². The van der Waals surface area contributed by atoms with E-state index in [-0.39, 0.29) is 4.90 Å². The Labute approximate surface area is 196 Å². The van der Waals surface area contributed by atoms with Gasteiger partial charge in [0.1, 0.15) is 0 Å². The average Bonchev–Trinajstić information content (AvgIpc) is 2.71. The number of hydrogen-bond acceptors (Lipinski definition) is 5. The van der Waals surface area contributed by atoms with Gasteiger partial charge in [-0.05, 0) is 70.7 Å². The van der Waals surface area contributed by atoms with Gasteiger partial charge >= 0.3 is 0 Å². The average molecular weight is 487 g/mol. The quantitative estimate of drug-likeness (QED) is 0.385. The van der Waals surface area contributed by atoms with Gasteiger partial charge in [0.2, 0.25) is 10.0 Å². The van der Waals surface area contributed by atoms with Crippen LogP contribution in [0, 0.1) is 6.92 Å². The second-order valence-corrected chi connectivity index (χ2v) is 10.4. The van der Waals surface area contributed by atoms with Crippen LogP contribution in [-0.2, 0) is 16.6 Å². The number of hydrogen-bond donors (Lipinski definition) is 2. The number of rotatable bonds is 13. The van der Waals surface area contributed by atoms with Crippen LogP contribution in [0.2, 0.25) is 10.0 Å². The van der Waals surface area contributed by atoms with Crippen molar-refractivity contribution >= 4 is 38.9 Å². The van der Waals surface area contributed by atoms with Gasteiger partial charge in [-0.15, -0.1) is 0 Å². The molecule has 6 nitrogen and oxygen atoms in total. The molecule has 0 atom stereocenters. The number of aromatic nitrogens is 1. The van der Waals surface area contributed by atoms with Crippen LogP contribution in [0.15, 0.2) is 35.2 Å². The molecule has 0 unspecified atom stereocenters. The van der Waals surface area contributed by atoms with Crippen LogP contribution in [0.1, 0.15) is 43.5 Å². The van der Waals surface area contributed by atoms with E-state index in [0.29, 0.717) is 34.5 Å². The van der Waals surface area contributed by atoms with Gasteiger partial charge in [0, 0.05) is 12.2 Å². The molecule has 0 spiro atoms. The molecule has 2 N–H and O–H groups in total. The lowest BCUT2D eigenvalue weighted by Gasteiger charge is -2.12. The first-order valence-corrected chi connectivity index (χ1v) is 12.7. The fourth-order valence-electron chi connectivity index (χ4n) is 3.08. The summed E-state index contributed by atoms with van der Waals surface area (Å²) >= 11 is 12.5. The van der Waals surface area contributed by atoms with E-state index in [2.05, 4.69) is 34.0 Å². The summed E-state index contributed by atoms with van der Waals surface area (Å²) in [7, 11) is 0.550. The van der Waals surface area contributed by atoms with Crippen LogP contribution < -0.4 is 10.0 Å². The standard InChI is InChI=1S/C22H32Cl2N4O2S/c1-17-9-11-19(23)22(27-17)16-25-21-12-10-18(15-20(21)24)31(29,30)26-13-7-5-4-6-8-14-28(2)3/h9-12,15,25-26H,4-8,13-14,16H2,1-3H3. The van der Waals surface area contributed by atoms with Gasteiger partial charge in [0.15, 0.2) is 0 Å². The molecule has 0 aliphatic carbocycles. The zero-order valence-electron chi connectivity index (χ0n) is 18.4. The molecule has 9 heteroatoms. The van der Waals surface area contributed by atoms with Crippen LogP contribution in [-0.4, -0.2) is 45.5 Å². The molecule has 0 aliphatic rings. The number of unbranched alkanes of at least 4 members (excludes halogenated alkanes) is 4. The molecule has 2 rings (SSSR count). The van der Waals surface area contributed by atoms with E-state index in [4.69, 9.17) is 23.2 Å². The van der Waals surface area contributed by atoms with E-state index >= 15 is 0 Å². The molecule has 1 heterocycles. The Hall–Kier alpha value is -1.38. The van der Waals surface area contributed by atoms with Crippen LogP contribution in [0.5, 0.6) is 0 Å². The van der Waals surface area contributed by atoms with E-state index in [9.17, 15) is 8.42 Å². The van der Waals surface area contributed by atoms with Crippen LogP contribution in [0.3, 0.4) is 0 Å². The smallest absolute Gasteiger partial charge is 0.240 e. The second-order valence-electron chi connectivity index (χ2n) is 7.85. The van der Waals surface area contributed by atoms with Gasteiger partial charge in [-0.1, -0.05) is 42.5 Å². The molecule has 1 aromatic carbocycles. The molecular formula is C22H32Cl2N4O2S. The number of nitrogens with one attached hydrogen (secondary N) is 2. The van der Waals surface area contributed by atoms with Gasteiger partial charge in [-0.25, -0.2) is 13.1 Å². The van der Waals surface area contributed by atoms with Gasteiger partial charge in [-0.2, -0.15) is 0 Å². The fraction of sp³-hybridized carbons (Fsp3) is 0.500. The monoisotopic (exact) mass is 486 g/mol. The van der Waals surface area contributed by atoms with Gasteiger partial charge in [-0.3, -0.25) is 4.98 Å². The van der Waals surface area contributed by atoms with Crippen molar-refractivity contribution in [3.63, 3.8) is 0 Å². The summed E-state index contributed by atoms with van der Waals surface area (Å²) in [5.74, 6) is 0. The maximum absolute atomic E-state index is 12.5. The van der Waals surface area contributed by atoms with Crippen molar-refractivity contribution in [2.45, 2.75) is 50.5 Å². The number of pyridine rings is 1. The summed E-state index contributed by atoms with van der Waals surface area (Å²) in [5, 5.41) is 4.05. The summed E-state index contributed by atoms with van der Waals surface area (Å²) in [4.78, 5) is 6.73. The van der Waals surface area contributed by atoms with E-state index in [0.717, 1.165) is 37.9 Å². The first kappa shape index (κ1) is 25.9. The highest BCUT2D eigenvalue weighted by molar-refractivity contribution is 7.89. The lowest BCUT2D eigenvalue weighted by atomic mass is 10.1. The molecule has 0 aliphatic heterocycles. The van der Waals surface area contributed by atoms with Crippen molar-refractivity contribution in [1.29, 1.82) is 0 Å². The summed E-state index contributed by atoms with van der Waals surface area (Å²) in [6.07, 6.45) is 5.28. The number of sulfonamides is 1. The van der Waals surface area contributed by atoms with Gasteiger partial charge < -0.3 is 10.2 Å². The first-order valence-electron chi connectivity index (χ1n) is 10.5. The third kappa shape index (κ3) is 8.94. The van der Waals surface area contributed by atoms with E-state index in [1.807, 2.05) is 13.0 Å². The number of nitrogens with zero attached hydrogens (tertiary/aromatic N) is 2. The Morgan fingerprint density at radius 3 is 2.39 bits per heavy atom. The van der Waals surface area contributed by atoms with Crippen molar-refractivity contribution in [1.82, 2.24) is 14.6 Å². The highest BCUT2D eigenvalue weighted by Crippen LogP contribution is 2.26. The molecule has 2 aromatic rings. The van der Waals surface area contributed by atoms with Crippen molar-refractivity contribution in [2.75, 3.05) is 32.5 Å². The molecule has 0 amide bonds. The number of halogens is 2. The molecule has 0 saturated heterocycles. The van der Waals surface area contributed by atoms with Crippen molar-refractivity contribution in [3.05, 3.63) is 51.8 Å². The Balaban J connectivity index is 1.83. The number of anilines is 1. The predicted molar refractivity (Wildman–Crippen MR) is 130 cm³/mol. The third-order valence-corrected chi connectivity index (χ3v) is 6.94. The predicted octanol–water partition coefficient (Wildman–Crippen LogP) is 5.10. The Morgan fingerprint density at radius 1 is 0.968 bits per heavy atom. The van der Waals surface area contributed by atoms with Crippen molar-refractivity contribution < 1.29 is 8.42 Å². The number of benzene rings is 1. The van der Waals surface area contributed by atoms with Gasteiger partial charge in [0.25, 0.3) is 0 Å². The Kier molecular flexibility index (Phi) is 10.5. The highest BCUT2D eigenvalue weighted by atomic mass is 35.5. The summed E-state index contributed by atoms with van der Waals surface area (Å²) in [6.45, 7) is 3.79. The van der Waals surface area contributed by atoms with Crippen molar-refractivity contribution in [2.24, 2.45) is 0 Å². The molecule has 0 bridgehead atoms. The summed E-state index contributed by atoms with van der Waals surface area (Å²) in [6, 6.07) is 8.30. The lowest BCUT2D eigenvalue weighted by molar-refractivity contribution is 0.389. The summed E-state index contributed by atoms with van der Waals surface area (Å²) < 4.78 is 27.7. The molecule has 0 radical (unpaired) electrons. The minimum Gasteiger partial charge on any atom is -0.378 e. The molecule has 172 valence electrons. The minimum absolute atomic E-state index is 0.153. The molecular weight excluding hydrogens is 455 g/mol. The zero-order valence-corrected chi connectivity index (χ0v) is 20.7. The van der Waals surface area contributed by atoms with Crippen LogP contribution in [0.25, 0.3) is 0 Å². The minimum atomic E-state index is -3.59. The Bertz CT molecular complexity index is 953. The van der Waals surface area contributed by atoms with Crippen molar-refractivity contribution in [3.8, 4) is 0 Å². The topological polar surface area (TPSA) is 74.3 Å². The molecule has 0 fully saturated rings. The normalized spacial score (nSPS) is 11.8. The lowest BCUT2D eigenvalue weighted by Crippen LogP contribution is -2.24. The first-order chi connectivity index (χ1) is 14.7. The Morgan fingerprint density at radius 2 is 1.68 bits per heavy atom. The van der Waals surface area contributed by atoms with Crippen LogP contribution in [0.4, 0.5) is 5.69 Å². The third-order valence-electron chi connectivity index (χ3n) is 4.83. The fourth-order valence-corrected chi connectivity index (χ4v) is 4.66. The largest absolute Gasteiger partial charge is 0.378 e. The zero-order chi connectivity index (χ0) is 22.9. The van der Waals surface area contributed by atoms with E-state index in [1.54, 1.807) is 18.2 Å². The maximum atomic E-state index is 12.5. The molecule has 31 heavy (non-hydrogen) atoms. The SMILES string of the molecule is Cc1ccc(Cl)c(CNc2ccc(S(=O)(=O)NCCCCCCCN(C)C)cc2Cl)n1. The van der Waals surface area contributed by atoms with E-state index in [1.165, 1.54) is 12.5 Å². The van der Waals surface area contributed by atoms with Crippen LogP contribution >= 0.6 is 23.2 Å².